The van der Waals surface area contributed by atoms with Gasteiger partial charge in [-0.1, -0.05) is 13.8 Å². The summed E-state index contributed by atoms with van der Waals surface area (Å²) in [5, 5.41) is 0. The molecule has 0 bridgehead atoms. The fourth-order valence-electron chi connectivity index (χ4n) is 2.28. The molecule has 0 radical (unpaired) electrons. The Morgan fingerprint density at radius 2 is 1.76 bits per heavy atom. The molecular formula is C14H27NO2. The van der Waals surface area contributed by atoms with Gasteiger partial charge in [0.2, 0.25) is 0 Å². The highest BCUT2D eigenvalue weighted by molar-refractivity contribution is 5.72. The van der Waals surface area contributed by atoms with Crippen molar-refractivity contribution in [3.8, 4) is 0 Å². The standard InChI is InChI=1S/C12H21NO2.C2H6/c1-2-15-12(14)11-5-7-13(8-6-11)9-10-3-4-10;1-2/h10-11H,2-9H2,1H3;1-2H3. The zero-order valence-electron chi connectivity index (χ0n) is 11.6. The van der Waals surface area contributed by atoms with Gasteiger partial charge < -0.3 is 9.64 Å². The van der Waals surface area contributed by atoms with Gasteiger partial charge in [0.05, 0.1) is 12.5 Å². The Hall–Kier alpha value is -0.570. The third-order valence-electron chi connectivity index (χ3n) is 3.42. The second-order valence-electron chi connectivity index (χ2n) is 4.77. The molecule has 0 aromatic rings. The summed E-state index contributed by atoms with van der Waals surface area (Å²) in [4.78, 5) is 14.0. The lowest BCUT2D eigenvalue weighted by Gasteiger charge is -2.30. The highest BCUT2D eigenvalue weighted by atomic mass is 16.5. The third kappa shape index (κ3) is 5.07. The molecule has 1 aliphatic carbocycles. The van der Waals surface area contributed by atoms with E-state index < -0.39 is 0 Å². The molecule has 1 saturated heterocycles. The van der Waals surface area contributed by atoms with Crippen molar-refractivity contribution in [1.82, 2.24) is 4.90 Å². The summed E-state index contributed by atoms with van der Waals surface area (Å²) in [6.45, 7) is 9.82. The fourth-order valence-corrected chi connectivity index (χ4v) is 2.28. The van der Waals surface area contributed by atoms with E-state index in [4.69, 9.17) is 4.74 Å². The van der Waals surface area contributed by atoms with Crippen molar-refractivity contribution >= 4 is 5.97 Å². The van der Waals surface area contributed by atoms with Gasteiger partial charge in [-0.15, -0.1) is 0 Å². The number of likely N-dealkylation sites (tertiary alicyclic amines) is 1. The van der Waals surface area contributed by atoms with Crippen LogP contribution in [0.15, 0.2) is 0 Å². The Bertz CT molecular complexity index is 218. The van der Waals surface area contributed by atoms with Crippen LogP contribution in [0.5, 0.6) is 0 Å². The number of nitrogens with zero attached hydrogens (tertiary/aromatic N) is 1. The van der Waals surface area contributed by atoms with E-state index in [-0.39, 0.29) is 11.9 Å². The molecule has 0 N–H and O–H groups in total. The minimum absolute atomic E-state index is 0.0172. The van der Waals surface area contributed by atoms with Crippen LogP contribution in [0.1, 0.15) is 46.5 Å². The predicted molar refractivity (Wildman–Crippen MR) is 69.9 cm³/mol. The summed E-state index contributed by atoms with van der Waals surface area (Å²) in [6, 6.07) is 0. The number of rotatable bonds is 4. The van der Waals surface area contributed by atoms with Gasteiger partial charge in [-0.2, -0.15) is 0 Å². The van der Waals surface area contributed by atoms with Crippen molar-refractivity contribution in [2.75, 3.05) is 26.2 Å². The highest BCUT2D eigenvalue weighted by Crippen LogP contribution is 2.31. The molecule has 2 aliphatic rings. The number of carbonyl (C=O) groups excluding carboxylic acids is 1. The summed E-state index contributed by atoms with van der Waals surface area (Å²) >= 11 is 0. The van der Waals surface area contributed by atoms with E-state index in [1.54, 1.807) is 0 Å². The first kappa shape index (κ1) is 14.5. The van der Waals surface area contributed by atoms with Crippen molar-refractivity contribution in [2.45, 2.75) is 46.5 Å². The molecule has 0 aromatic carbocycles. The number of hydrogen-bond donors (Lipinski definition) is 0. The number of hydrogen-bond acceptors (Lipinski definition) is 3. The molecule has 0 unspecified atom stereocenters. The normalized spacial score (nSPS) is 21.6. The summed E-state index contributed by atoms with van der Waals surface area (Å²) in [7, 11) is 0. The third-order valence-corrected chi connectivity index (χ3v) is 3.42. The molecule has 1 aliphatic heterocycles. The van der Waals surface area contributed by atoms with Crippen molar-refractivity contribution in [3.63, 3.8) is 0 Å². The molecule has 0 amide bonds. The first-order valence-corrected chi connectivity index (χ1v) is 7.18. The van der Waals surface area contributed by atoms with Gasteiger partial charge in [-0.25, -0.2) is 0 Å². The molecule has 17 heavy (non-hydrogen) atoms. The van der Waals surface area contributed by atoms with E-state index in [0.717, 1.165) is 31.8 Å². The Kier molecular flexibility index (Phi) is 6.56. The van der Waals surface area contributed by atoms with Crippen LogP contribution in [0.2, 0.25) is 0 Å². The largest absolute Gasteiger partial charge is 0.466 e. The van der Waals surface area contributed by atoms with Crippen LogP contribution >= 0.6 is 0 Å². The van der Waals surface area contributed by atoms with Gasteiger partial charge in [0, 0.05) is 6.54 Å². The van der Waals surface area contributed by atoms with Crippen molar-refractivity contribution < 1.29 is 9.53 Å². The maximum absolute atomic E-state index is 11.5. The minimum Gasteiger partial charge on any atom is -0.466 e. The predicted octanol–water partition coefficient (Wildman–Crippen LogP) is 2.70. The second-order valence-corrected chi connectivity index (χ2v) is 4.77. The Morgan fingerprint density at radius 3 is 2.24 bits per heavy atom. The van der Waals surface area contributed by atoms with E-state index in [0.29, 0.717) is 6.61 Å². The summed E-state index contributed by atoms with van der Waals surface area (Å²) in [5.74, 6) is 1.15. The average Bonchev–Trinajstić information content (AvgIpc) is 3.17. The fraction of sp³-hybridized carbons (Fsp3) is 0.929. The number of piperidine rings is 1. The maximum Gasteiger partial charge on any atom is 0.309 e. The molecule has 2 rings (SSSR count). The number of esters is 1. The molecule has 3 nitrogen and oxygen atoms in total. The topological polar surface area (TPSA) is 29.5 Å². The van der Waals surface area contributed by atoms with E-state index >= 15 is 0 Å². The molecule has 3 heteroatoms. The van der Waals surface area contributed by atoms with Crippen LogP contribution in [0.3, 0.4) is 0 Å². The van der Waals surface area contributed by atoms with E-state index in [9.17, 15) is 4.79 Å². The first-order chi connectivity index (χ1) is 8.29. The number of ether oxygens (including phenoxy) is 1. The molecular weight excluding hydrogens is 214 g/mol. The maximum atomic E-state index is 11.5. The lowest BCUT2D eigenvalue weighted by molar-refractivity contribution is -0.149. The molecule has 1 heterocycles. The van der Waals surface area contributed by atoms with Crippen molar-refractivity contribution in [3.05, 3.63) is 0 Å². The molecule has 0 aromatic heterocycles. The van der Waals surface area contributed by atoms with Crippen molar-refractivity contribution in [1.29, 1.82) is 0 Å². The average molecular weight is 241 g/mol. The summed E-state index contributed by atoms with van der Waals surface area (Å²) in [5.41, 5.74) is 0. The molecule has 1 saturated carbocycles. The van der Waals surface area contributed by atoms with Gasteiger partial charge in [0.1, 0.15) is 0 Å². The van der Waals surface area contributed by atoms with Crippen LogP contribution in [-0.4, -0.2) is 37.1 Å². The van der Waals surface area contributed by atoms with Crippen LogP contribution in [-0.2, 0) is 9.53 Å². The van der Waals surface area contributed by atoms with Crippen LogP contribution < -0.4 is 0 Å². The Morgan fingerprint density at radius 1 is 1.18 bits per heavy atom. The molecule has 0 atom stereocenters. The van der Waals surface area contributed by atoms with E-state index in [2.05, 4.69) is 4.90 Å². The van der Waals surface area contributed by atoms with Gasteiger partial charge >= 0.3 is 5.97 Å². The van der Waals surface area contributed by atoms with E-state index in [1.807, 2.05) is 20.8 Å². The zero-order valence-corrected chi connectivity index (χ0v) is 11.6. The molecule has 2 fully saturated rings. The SMILES string of the molecule is CC.CCOC(=O)C1CCN(CC2CC2)CC1. The number of carbonyl (C=O) groups is 1. The second kappa shape index (κ2) is 7.70. The smallest absolute Gasteiger partial charge is 0.309 e. The van der Waals surface area contributed by atoms with Gasteiger partial charge in [-0.05, 0) is 51.6 Å². The first-order valence-electron chi connectivity index (χ1n) is 7.18. The lowest BCUT2D eigenvalue weighted by atomic mass is 9.97. The van der Waals surface area contributed by atoms with Gasteiger partial charge in [-0.3, -0.25) is 4.79 Å². The van der Waals surface area contributed by atoms with Crippen molar-refractivity contribution in [2.24, 2.45) is 11.8 Å². The van der Waals surface area contributed by atoms with E-state index in [1.165, 1.54) is 19.4 Å². The monoisotopic (exact) mass is 241 g/mol. The van der Waals surface area contributed by atoms with Gasteiger partial charge in [0.15, 0.2) is 0 Å². The summed E-state index contributed by atoms with van der Waals surface area (Å²) in [6.07, 6.45) is 4.81. The summed E-state index contributed by atoms with van der Waals surface area (Å²) < 4.78 is 5.05. The van der Waals surface area contributed by atoms with Crippen LogP contribution in [0.25, 0.3) is 0 Å². The highest BCUT2D eigenvalue weighted by Gasteiger charge is 2.29. The lowest BCUT2D eigenvalue weighted by Crippen LogP contribution is -2.37. The Labute approximate surface area is 106 Å². The van der Waals surface area contributed by atoms with Crippen LogP contribution in [0.4, 0.5) is 0 Å². The van der Waals surface area contributed by atoms with Crippen LogP contribution in [0, 0.1) is 11.8 Å². The quantitative estimate of drug-likeness (QED) is 0.709. The minimum atomic E-state index is 0.0172. The molecule has 0 spiro atoms. The molecule has 100 valence electrons. The Balaban J connectivity index is 0.000000686. The zero-order chi connectivity index (χ0) is 12.7. The van der Waals surface area contributed by atoms with Gasteiger partial charge in [0.25, 0.3) is 0 Å².